The Morgan fingerprint density at radius 2 is 2.50 bits per heavy atom. The van der Waals surface area contributed by atoms with E-state index in [4.69, 9.17) is 4.84 Å². The normalized spacial score (nSPS) is 21.6. The molecule has 1 N–H and O–H groups in total. The number of hydroxylamine groups is 2. The molecule has 0 saturated carbocycles. The van der Waals surface area contributed by atoms with Gasteiger partial charge in [-0.15, -0.1) is 0 Å². The van der Waals surface area contributed by atoms with Crippen LogP contribution in [0.3, 0.4) is 0 Å². The second-order valence-corrected chi connectivity index (χ2v) is 4.03. The molecule has 1 aromatic rings. The summed E-state index contributed by atoms with van der Waals surface area (Å²) >= 11 is 1.49. The molecule has 0 unspecified atom stereocenters. The van der Waals surface area contributed by atoms with Crippen LogP contribution < -0.4 is 0 Å². The molecule has 1 aliphatic rings. The molecule has 0 aliphatic carbocycles. The van der Waals surface area contributed by atoms with Crippen LogP contribution in [-0.4, -0.2) is 35.3 Å². The minimum atomic E-state index is -0.558. The molecule has 0 spiro atoms. The van der Waals surface area contributed by atoms with Gasteiger partial charge in [-0.1, -0.05) is 0 Å². The van der Waals surface area contributed by atoms with Crippen LogP contribution in [0.4, 0.5) is 0 Å². The van der Waals surface area contributed by atoms with Crippen molar-refractivity contribution in [2.24, 2.45) is 0 Å². The monoisotopic (exact) mass is 213 g/mol. The Balaban J connectivity index is 2.13. The van der Waals surface area contributed by atoms with Gasteiger partial charge >= 0.3 is 0 Å². The minimum Gasteiger partial charge on any atom is -0.389 e. The lowest BCUT2D eigenvalue weighted by atomic mass is 10.2. The van der Waals surface area contributed by atoms with Crippen LogP contribution >= 0.6 is 11.3 Å². The number of hydrogen-bond donors (Lipinski definition) is 1. The van der Waals surface area contributed by atoms with E-state index in [0.717, 1.165) is 5.56 Å². The van der Waals surface area contributed by atoms with Gasteiger partial charge in [0.2, 0.25) is 0 Å². The summed E-state index contributed by atoms with van der Waals surface area (Å²) in [5, 5.41) is 14.1. The molecule has 0 bridgehead atoms. The largest absolute Gasteiger partial charge is 0.389 e. The fourth-order valence-electron chi connectivity index (χ4n) is 1.33. The quantitative estimate of drug-likeness (QED) is 0.751. The number of amides is 1. The molecule has 1 amide bonds. The summed E-state index contributed by atoms with van der Waals surface area (Å²) in [6.07, 6.45) is -0.558. The number of rotatable bonds is 1. The van der Waals surface area contributed by atoms with Crippen molar-refractivity contribution in [3.8, 4) is 0 Å². The molecule has 2 heterocycles. The summed E-state index contributed by atoms with van der Waals surface area (Å²) in [6.45, 7) is 2.35. The Labute approximate surface area is 85.7 Å². The molecule has 76 valence electrons. The fourth-order valence-corrected chi connectivity index (χ4v) is 2.15. The second kappa shape index (κ2) is 3.68. The Morgan fingerprint density at radius 3 is 3.00 bits per heavy atom. The number of carbonyl (C=O) groups is 1. The van der Waals surface area contributed by atoms with E-state index in [-0.39, 0.29) is 19.1 Å². The second-order valence-electron chi connectivity index (χ2n) is 3.28. The molecule has 1 atom stereocenters. The molecule has 1 saturated heterocycles. The molecule has 0 radical (unpaired) electrons. The summed E-state index contributed by atoms with van der Waals surface area (Å²) in [7, 11) is 0. The van der Waals surface area contributed by atoms with E-state index < -0.39 is 6.10 Å². The van der Waals surface area contributed by atoms with Crippen LogP contribution in [0.25, 0.3) is 0 Å². The third kappa shape index (κ3) is 1.66. The SMILES string of the molecule is Cc1cscc1C(=O)N1C[C@H](O)CO1. The predicted molar refractivity (Wildman–Crippen MR) is 52.1 cm³/mol. The lowest BCUT2D eigenvalue weighted by molar-refractivity contribution is -0.0779. The number of nitrogens with zero attached hydrogens (tertiary/aromatic N) is 1. The Bertz CT molecular complexity index is 350. The first-order chi connectivity index (χ1) is 6.68. The number of aliphatic hydroxyl groups is 1. The molecule has 0 aromatic carbocycles. The van der Waals surface area contributed by atoms with Gasteiger partial charge < -0.3 is 5.11 Å². The van der Waals surface area contributed by atoms with Crippen LogP contribution in [0, 0.1) is 6.92 Å². The highest BCUT2D eigenvalue weighted by Gasteiger charge is 2.27. The smallest absolute Gasteiger partial charge is 0.278 e. The van der Waals surface area contributed by atoms with Crippen molar-refractivity contribution in [3.05, 3.63) is 21.9 Å². The highest BCUT2D eigenvalue weighted by molar-refractivity contribution is 7.08. The zero-order valence-electron chi connectivity index (χ0n) is 7.77. The summed E-state index contributed by atoms with van der Waals surface area (Å²) in [4.78, 5) is 16.8. The molecule has 1 aliphatic heterocycles. The maximum atomic E-state index is 11.8. The Morgan fingerprint density at radius 1 is 1.71 bits per heavy atom. The van der Waals surface area contributed by atoms with Gasteiger partial charge in [0, 0.05) is 5.38 Å². The topological polar surface area (TPSA) is 49.8 Å². The van der Waals surface area contributed by atoms with Gasteiger partial charge in [-0.05, 0) is 17.9 Å². The molecule has 14 heavy (non-hydrogen) atoms. The lowest BCUT2D eigenvalue weighted by Gasteiger charge is -2.12. The van der Waals surface area contributed by atoms with Gasteiger partial charge in [-0.3, -0.25) is 9.63 Å². The van der Waals surface area contributed by atoms with E-state index in [1.165, 1.54) is 16.4 Å². The van der Waals surface area contributed by atoms with E-state index in [9.17, 15) is 9.90 Å². The minimum absolute atomic E-state index is 0.166. The van der Waals surface area contributed by atoms with Crippen molar-refractivity contribution < 1.29 is 14.7 Å². The maximum Gasteiger partial charge on any atom is 0.278 e. The van der Waals surface area contributed by atoms with Gasteiger partial charge in [-0.2, -0.15) is 11.3 Å². The molecule has 2 rings (SSSR count). The fraction of sp³-hybridized carbons (Fsp3) is 0.444. The molecule has 4 nitrogen and oxygen atoms in total. The standard InChI is InChI=1S/C9H11NO3S/c1-6-4-14-5-8(6)9(12)10-2-7(11)3-13-10/h4-5,7,11H,2-3H2,1H3/t7-/m0/s1. The van der Waals surface area contributed by atoms with Crippen LogP contribution in [0.15, 0.2) is 10.8 Å². The average molecular weight is 213 g/mol. The maximum absolute atomic E-state index is 11.8. The first kappa shape index (κ1) is 9.64. The molecule has 1 aromatic heterocycles. The Hall–Kier alpha value is -0.910. The number of aliphatic hydroxyl groups excluding tert-OH is 1. The van der Waals surface area contributed by atoms with E-state index in [2.05, 4.69) is 0 Å². The van der Waals surface area contributed by atoms with Crippen molar-refractivity contribution >= 4 is 17.2 Å². The van der Waals surface area contributed by atoms with Crippen LogP contribution in [0.2, 0.25) is 0 Å². The highest BCUT2D eigenvalue weighted by Crippen LogP contribution is 2.18. The summed E-state index contributed by atoms with van der Waals surface area (Å²) in [5.41, 5.74) is 1.61. The highest BCUT2D eigenvalue weighted by atomic mass is 32.1. The lowest BCUT2D eigenvalue weighted by Crippen LogP contribution is -2.28. The number of hydrogen-bond acceptors (Lipinski definition) is 4. The van der Waals surface area contributed by atoms with E-state index in [0.29, 0.717) is 5.56 Å². The van der Waals surface area contributed by atoms with Crippen LogP contribution in [-0.2, 0) is 4.84 Å². The predicted octanol–water partition coefficient (Wildman–Crippen LogP) is 0.805. The number of aryl methyl sites for hydroxylation is 1. The van der Waals surface area contributed by atoms with Gasteiger partial charge in [0.25, 0.3) is 5.91 Å². The summed E-state index contributed by atoms with van der Waals surface area (Å²) in [5.74, 6) is -0.166. The van der Waals surface area contributed by atoms with Gasteiger partial charge in [0.05, 0.1) is 12.1 Å². The van der Waals surface area contributed by atoms with Crippen LogP contribution in [0.5, 0.6) is 0 Å². The van der Waals surface area contributed by atoms with E-state index in [1.54, 1.807) is 5.38 Å². The van der Waals surface area contributed by atoms with Gasteiger partial charge in [-0.25, -0.2) is 5.06 Å². The Kier molecular flexibility index (Phi) is 2.54. The third-order valence-electron chi connectivity index (χ3n) is 2.11. The van der Waals surface area contributed by atoms with Crippen molar-refractivity contribution in [3.63, 3.8) is 0 Å². The van der Waals surface area contributed by atoms with Crippen molar-refractivity contribution in [1.29, 1.82) is 0 Å². The zero-order chi connectivity index (χ0) is 10.1. The van der Waals surface area contributed by atoms with Crippen molar-refractivity contribution in [1.82, 2.24) is 5.06 Å². The number of carbonyl (C=O) groups excluding carboxylic acids is 1. The molecule has 1 fully saturated rings. The van der Waals surface area contributed by atoms with E-state index >= 15 is 0 Å². The molecular formula is C9H11NO3S. The van der Waals surface area contributed by atoms with Crippen LogP contribution in [0.1, 0.15) is 15.9 Å². The third-order valence-corrected chi connectivity index (χ3v) is 2.97. The van der Waals surface area contributed by atoms with Gasteiger partial charge in [0.1, 0.15) is 12.7 Å². The number of β-amino-alcohol motifs (C(OH)–C–C–N with tert-alkyl or cyclic N) is 1. The van der Waals surface area contributed by atoms with E-state index in [1.807, 2.05) is 12.3 Å². The summed E-state index contributed by atoms with van der Waals surface area (Å²) in [6, 6.07) is 0. The average Bonchev–Trinajstić information content (AvgIpc) is 2.73. The first-order valence-corrected chi connectivity index (χ1v) is 5.28. The molecular weight excluding hydrogens is 202 g/mol. The zero-order valence-corrected chi connectivity index (χ0v) is 8.58. The van der Waals surface area contributed by atoms with Crippen molar-refractivity contribution in [2.75, 3.05) is 13.2 Å². The first-order valence-electron chi connectivity index (χ1n) is 4.34. The van der Waals surface area contributed by atoms with Crippen molar-refractivity contribution in [2.45, 2.75) is 13.0 Å². The summed E-state index contributed by atoms with van der Waals surface area (Å²) < 4.78 is 0. The number of thiophene rings is 1. The molecule has 5 heteroatoms. The van der Waals surface area contributed by atoms with Gasteiger partial charge in [0.15, 0.2) is 0 Å².